The Morgan fingerprint density at radius 3 is 2.79 bits per heavy atom. The van der Waals surface area contributed by atoms with Crippen molar-refractivity contribution in [1.82, 2.24) is 5.27 Å². The Hall–Kier alpha value is -1.84. The summed E-state index contributed by atoms with van der Waals surface area (Å²) in [5, 5.41) is 2.52. The van der Waals surface area contributed by atoms with Crippen LogP contribution in [0.3, 0.4) is 0 Å². The van der Waals surface area contributed by atoms with Gasteiger partial charge in [-0.05, 0) is 29.4 Å². The van der Waals surface area contributed by atoms with Crippen LogP contribution in [0.15, 0.2) is 33.7 Å². The minimum absolute atomic E-state index is 0.383. The monoisotopic (exact) mass is 191 g/mol. The van der Waals surface area contributed by atoms with Gasteiger partial charge in [-0.2, -0.15) is 0 Å². The third kappa shape index (κ3) is 1.35. The van der Waals surface area contributed by atoms with Gasteiger partial charge in [0.25, 0.3) is 6.20 Å². The van der Waals surface area contributed by atoms with Gasteiger partial charge in [0, 0.05) is 11.6 Å². The van der Waals surface area contributed by atoms with Crippen molar-refractivity contribution in [3.05, 3.63) is 45.9 Å². The summed E-state index contributed by atoms with van der Waals surface area (Å²) in [7, 11) is 0. The van der Waals surface area contributed by atoms with Crippen LogP contribution in [0.5, 0.6) is 0 Å². The third-order valence-corrected chi connectivity index (χ3v) is 2.31. The Morgan fingerprint density at radius 1 is 1.36 bits per heavy atom. The van der Waals surface area contributed by atoms with Gasteiger partial charge < -0.3 is 0 Å². The van der Waals surface area contributed by atoms with Crippen molar-refractivity contribution in [3.8, 4) is 5.69 Å². The number of aromatic nitrogens is 2. The summed E-state index contributed by atoms with van der Waals surface area (Å²) >= 11 is 0. The van der Waals surface area contributed by atoms with Gasteiger partial charge >= 0.3 is 5.63 Å². The number of hydrogen-bond acceptors (Lipinski definition) is 2. The topological polar surface area (TPSA) is 49.9 Å². The smallest absolute Gasteiger partial charge is 0.283 e. The minimum atomic E-state index is -0.383. The van der Waals surface area contributed by atoms with Gasteiger partial charge in [0.05, 0.1) is 0 Å². The highest BCUT2D eigenvalue weighted by Crippen LogP contribution is 2.11. The second kappa shape index (κ2) is 3.14. The minimum Gasteiger partial charge on any atom is -0.283 e. The zero-order valence-corrected chi connectivity index (χ0v) is 8.07. The van der Waals surface area contributed by atoms with Crippen molar-refractivity contribution >= 4 is 0 Å². The normalized spacial score (nSPS) is 10.4. The molecule has 1 N–H and O–H groups in total. The van der Waals surface area contributed by atoms with Crippen molar-refractivity contribution in [1.29, 1.82) is 0 Å². The lowest BCUT2D eigenvalue weighted by atomic mass is 10.1. The molecule has 0 fully saturated rings. The highest BCUT2D eigenvalue weighted by Gasteiger charge is 2.14. The zero-order chi connectivity index (χ0) is 10.1. The molecule has 0 aliphatic rings. The zero-order valence-electron chi connectivity index (χ0n) is 8.07. The van der Waals surface area contributed by atoms with E-state index in [0.29, 0.717) is 0 Å². The second-order valence-corrected chi connectivity index (χ2v) is 3.23. The van der Waals surface area contributed by atoms with E-state index >= 15 is 0 Å². The van der Waals surface area contributed by atoms with E-state index in [1.807, 2.05) is 32.0 Å². The molecular weight excluding hydrogens is 180 g/mol. The lowest BCUT2D eigenvalue weighted by Crippen LogP contribution is -2.33. The second-order valence-electron chi connectivity index (χ2n) is 3.23. The fourth-order valence-electron chi connectivity index (χ4n) is 1.37. The molecule has 72 valence electrons. The maximum Gasteiger partial charge on any atom is 0.427 e. The van der Waals surface area contributed by atoms with Crippen molar-refractivity contribution in [2.45, 2.75) is 13.8 Å². The number of aryl methyl sites for hydroxylation is 1. The summed E-state index contributed by atoms with van der Waals surface area (Å²) in [6.45, 7) is 4.03. The molecule has 0 radical (unpaired) electrons. The average Bonchev–Trinajstić information content (AvgIpc) is 2.57. The summed E-state index contributed by atoms with van der Waals surface area (Å²) in [4.78, 5) is 10.8. The van der Waals surface area contributed by atoms with Gasteiger partial charge in [-0.3, -0.25) is 4.52 Å². The van der Waals surface area contributed by atoms with Crippen molar-refractivity contribution in [3.63, 3.8) is 0 Å². The molecule has 0 aliphatic heterocycles. The van der Waals surface area contributed by atoms with Gasteiger partial charge in [0.1, 0.15) is 0 Å². The summed E-state index contributed by atoms with van der Waals surface area (Å²) in [6.07, 6.45) is 1.38. The molecule has 0 saturated carbocycles. The fraction of sp³-hybridized carbons (Fsp3) is 0.200. The highest BCUT2D eigenvalue weighted by atomic mass is 16.5. The summed E-state index contributed by atoms with van der Waals surface area (Å²) in [5.74, 6) is 0. The number of nitrogens with one attached hydrogen (secondary N) is 1. The molecule has 14 heavy (non-hydrogen) atoms. The Balaban J connectivity index is 2.62. The molecule has 0 bridgehead atoms. The number of H-pyrrole nitrogens is 1. The van der Waals surface area contributed by atoms with E-state index < -0.39 is 0 Å². The molecule has 2 aromatic rings. The predicted octanol–water partition coefficient (Wildman–Crippen LogP) is 0.861. The molecule has 0 unspecified atom stereocenters. The quantitative estimate of drug-likeness (QED) is 0.680. The first-order valence-corrected chi connectivity index (χ1v) is 4.35. The van der Waals surface area contributed by atoms with Gasteiger partial charge in [-0.1, -0.05) is 12.1 Å². The molecule has 2 rings (SSSR count). The van der Waals surface area contributed by atoms with Crippen LogP contribution in [-0.2, 0) is 0 Å². The summed E-state index contributed by atoms with van der Waals surface area (Å²) in [6, 6.07) is 5.89. The van der Waals surface area contributed by atoms with Crippen LogP contribution in [0.25, 0.3) is 5.69 Å². The van der Waals surface area contributed by atoms with Crippen LogP contribution in [0.1, 0.15) is 11.1 Å². The molecule has 0 amide bonds. The van der Waals surface area contributed by atoms with Gasteiger partial charge in [-0.15, -0.1) is 0 Å². The highest BCUT2D eigenvalue weighted by molar-refractivity contribution is 5.37. The lowest BCUT2D eigenvalue weighted by molar-refractivity contribution is -0.670. The molecule has 1 aromatic heterocycles. The summed E-state index contributed by atoms with van der Waals surface area (Å²) in [5.41, 5.74) is 2.84. The van der Waals surface area contributed by atoms with E-state index in [2.05, 4.69) is 9.79 Å². The Morgan fingerprint density at radius 2 is 2.14 bits per heavy atom. The fourth-order valence-corrected chi connectivity index (χ4v) is 1.37. The molecule has 1 heterocycles. The van der Waals surface area contributed by atoms with Gasteiger partial charge in [0.15, 0.2) is 0 Å². The standard InChI is InChI=1S/C10H10N2O2/c1-7-4-3-5-9(8(7)2)12-6-10(13)14-11-12/h3-6H,1-2H3/p+1. The maximum absolute atomic E-state index is 10.8. The van der Waals surface area contributed by atoms with E-state index in [4.69, 9.17) is 0 Å². The average molecular weight is 191 g/mol. The van der Waals surface area contributed by atoms with Crippen LogP contribution in [-0.4, -0.2) is 5.27 Å². The largest absolute Gasteiger partial charge is 0.427 e. The van der Waals surface area contributed by atoms with Gasteiger partial charge in [-0.25, -0.2) is 4.79 Å². The van der Waals surface area contributed by atoms with Gasteiger partial charge in [0.2, 0.25) is 5.69 Å². The molecule has 4 heteroatoms. The van der Waals surface area contributed by atoms with E-state index in [1.165, 1.54) is 11.8 Å². The molecule has 0 aliphatic carbocycles. The molecule has 4 nitrogen and oxygen atoms in total. The van der Waals surface area contributed by atoms with E-state index in [0.717, 1.165) is 11.3 Å². The SMILES string of the molecule is Cc1cccc(-[n+]2cc(=O)o[nH]2)c1C. The molecule has 0 saturated heterocycles. The maximum atomic E-state index is 10.8. The van der Waals surface area contributed by atoms with Crippen LogP contribution in [0.2, 0.25) is 0 Å². The van der Waals surface area contributed by atoms with Crippen molar-refractivity contribution in [2.75, 3.05) is 0 Å². The predicted molar refractivity (Wildman–Crippen MR) is 50.3 cm³/mol. The van der Waals surface area contributed by atoms with Crippen LogP contribution in [0.4, 0.5) is 0 Å². The molecular formula is C10H11N2O2+. The Labute approximate surface area is 80.7 Å². The van der Waals surface area contributed by atoms with Crippen LogP contribution < -0.4 is 10.3 Å². The lowest BCUT2D eigenvalue weighted by Gasteiger charge is -1.98. The Bertz CT molecular complexity index is 511. The van der Waals surface area contributed by atoms with Crippen molar-refractivity contribution < 1.29 is 9.20 Å². The first kappa shape index (κ1) is 8.74. The first-order chi connectivity index (χ1) is 6.68. The number of hydrogen-bond donors (Lipinski definition) is 1. The molecule has 1 aromatic carbocycles. The first-order valence-electron chi connectivity index (χ1n) is 4.35. The number of benzene rings is 1. The van der Waals surface area contributed by atoms with Crippen LogP contribution >= 0.6 is 0 Å². The number of nitrogens with zero attached hydrogens (tertiary/aromatic N) is 1. The van der Waals surface area contributed by atoms with E-state index in [-0.39, 0.29) is 5.63 Å². The Kier molecular flexibility index (Phi) is 1.96. The van der Waals surface area contributed by atoms with Crippen molar-refractivity contribution in [2.24, 2.45) is 0 Å². The summed E-state index contributed by atoms with van der Waals surface area (Å²) < 4.78 is 6.17. The number of aromatic amines is 1. The molecule has 0 atom stereocenters. The molecule has 0 spiro atoms. The van der Waals surface area contributed by atoms with Crippen LogP contribution in [0, 0.1) is 13.8 Å². The van der Waals surface area contributed by atoms with E-state index in [1.54, 1.807) is 4.68 Å². The third-order valence-electron chi connectivity index (χ3n) is 2.31. The van der Waals surface area contributed by atoms with E-state index in [9.17, 15) is 4.79 Å². The number of rotatable bonds is 1.